The van der Waals surface area contributed by atoms with Gasteiger partial charge in [-0.2, -0.15) is 0 Å². The fourth-order valence-electron chi connectivity index (χ4n) is 5.04. The lowest BCUT2D eigenvalue weighted by Gasteiger charge is -2.33. The van der Waals surface area contributed by atoms with E-state index in [4.69, 9.17) is 27.9 Å². The Morgan fingerprint density at radius 3 is 2.33 bits per heavy atom. The van der Waals surface area contributed by atoms with Crippen LogP contribution in [0.3, 0.4) is 0 Å². The Morgan fingerprint density at radius 2 is 1.69 bits per heavy atom. The molecule has 1 N–H and O–H groups in total. The molecule has 0 radical (unpaired) electrons. The largest absolute Gasteiger partial charge is 0.495 e. The van der Waals surface area contributed by atoms with E-state index in [0.29, 0.717) is 16.3 Å². The van der Waals surface area contributed by atoms with Crippen molar-refractivity contribution in [1.82, 2.24) is 10.2 Å². The van der Waals surface area contributed by atoms with Crippen molar-refractivity contribution in [3.05, 3.63) is 88.4 Å². The van der Waals surface area contributed by atoms with Crippen LogP contribution in [0.1, 0.15) is 44.6 Å². The number of benzene rings is 3. The minimum absolute atomic E-state index is 0.00854. The molecule has 1 aliphatic rings. The highest BCUT2D eigenvalue weighted by atomic mass is 35.5. The number of carbonyl (C=O) groups excluding carboxylic acids is 2. The van der Waals surface area contributed by atoms with Crippen LogP contribution in [0.15, 0.2) is 77.7 Å². The van der Waals surface area contributed by atoms with E-state index in [1.165, 1.54) is 36.3 Å². The number of anilines is 1. The van der Waals surface area contributed by atoms with Gasteiger partial charge in [0.15, 0.2) is 0 Å². The van der Waals surface area contributed by atoms with E-state index in [0.717, 1.165) is 36.4 Å². The van der Waals surface area contributed by atoms with Gasteiger partial charge in [-0.15, -0.1) is 0 Å². The maximum absolute atomic E-state index is 14.1. The standard InChI is InChI=1S/C31H35Cl2N3O5S/c1-22(31(38)34-25-12-5-3-6-13-25)35(20-23-10-9-11-24(32)18-23)30(37)21-36(26-16-17-29(41-2)28(33)19-26)42(39,40)27-14-7-4-8-15-27/h4,7-11,14-19,22,25H,3,5-6,12-13,20-21H2,1-2H3,(H,34,38)/t22-/m0/s1. The van der Waals surface area contributed by atoms with Gasteiger partial charge in [0.05, 0.1) is 22.7 Å². The number of halogens is 2. The second-order valence-electron chi connectivity index (χ2n) is 10.3. The molecule has 2 amide bonds. The summed E-state index contributed by atoms with van der Waals surface area (Å²) in [6.07, 6.45) is 5.01. The quantitative estimate of drug-likeness (QED) is 0.277. The van der Waals surface area contributed by atoms with E-state index in [1.54, 1.807) is 55.5 Å². The molecule has 0 unspecified atom stereocenters. The van der Waals surface area contributed by atoms with Crippen molar-refractivity contribution < 1.29 is 22.7 Å². The molecule has 0 aromatic heterocycles. The Balaban J connectivity index is 1.69. The van der Waals surface area contributed by atoms with Crippen molar-refractivity contribution in [2.24, 2.45) is 0 Å². The van der Waals surface area contributed by atoms with Gasteiger partial charge in [0.25, 0.3) is 10.0 Å². The molecule has 8 nitrogen and oxygen atoms in total. The second kappa shape index (κ2) is 14.3. The second-order valence-corrected chi connectivity index (χ2v) is 13.0. The molecule has 224 valence electrons. The lowest BCUT2D eigenvalue weighted by molar-refractivity contribution is -0.139. The van der Waals surface area contributed by atoms with Gasteiger partial charge in [0.2, 0.25) is 11.8 Å². The summed E-state index contributed by atoms with van der Waals surface area (Å²) < 4.78 is 34.1. The zero-order chi connectivity index (χ0) is 30.3. The molecule has 1 aliphatic carbocycles. The molecule has 0 spiro atoms. The van der Waals surface area contributed by atoms with Crippen molar-refractivity contribution in [3.63, 3.8) is 0 Å². The number of methoxy groups -OCH3 is 1. The lowest BCUT2D eigenvalue weighted by atomic mass is 9.95. The highest BCUT2D eigenvalue weighted by molar-refractivity contribution is 7.92. The van der Waals surface area contributed by atoms with Crippen LogP contribution < -0.4 is 14.4 Å². The number of ether oxygens (including phenoxy) is 1. The van der Waals surface area contributed by atoms with E-state index in [-0.39, 0.29) is 34.1 Å². The molecule has 4 rings (SSSR count). The van der Waals surface area contributed by atoms with Crippen LogP contribution in [0.2, 0.25) is 10.0 Å². The zero-order valence-corrected chi connectivity index (χ0v) is 26.0. The van der Waals surface area contributed by atoms with Gasteiger partial charge in [0, 0.05) is 17.6 Å². The Labute approximate surface area is 257 Å². The lowest BCUT2D eigenvalue weighted by Crippen LogP contribution is -2.53. The summed E-state index contributed by atoms with van der Waals surface area (Å²) in [5, 5.41) is 3.76. The first-order chi connectivity index (χ1) is 20.1. The van der Waals surface area contributed by atoms with Gasteiger partial charge in [-0.1, -0.05) is 72.8 Å². The Bertz CT molecular complexity index is 1500. The third-order valence-electron chi connectivity index (χ3n) is 7.39. The van der Waals surface area contributed by atoms with Crippen LogP contribution in [0.5, 0.6) is 5.75 Å². The number of nitrogens with one attached hydrogen (secondary N) is 1. The molecule has 42 heavy (non-hydrogen) atoms. The average molecular weight is 633 g/mol. The van der Waals surface area contributed by atoms with Crippen LogP contribution in [-0.2, 0) is 26.2 Å². The van der Waals surface area contributed by atoms with Gasteiger partial charge in [-0.25, -0.2) is 8.42 Å². The molecule has 1 atom stereocenters. The molecule has 1 saturated carbocycles. The van der Waals surface area contributed by atoms with E-state index in [9.17, 15) is 18.0 Å². The highest BCUT2D eigenvalue weighted by Crippen LogP contribution is 2.32. The van der Waals surface area contributed by atoms with Crippen molar-refractivity contribution in [3.8, 4) is 5.75 Å². The summed E-state index contributed by atoms with van der Waals surface area (Å²) in [7, 11) is -2.75. The summed E-state index contributed by atoms with van der Waals surface area (Å²) in [4.78, 5) is 28.9. The molecule has 0 aliphatic heterocycles. The van der Waals surface area contributed by atoms with Crippen LogP contribution in [0.4, 0.5) is 5.69 Å². The van der Waals surface area contributed by atoms with Crippen LogP contribution in [0.25, 0.3) is 0 Å². The number of hydrogen-bond donors (Lipinski definition) is 1. The predicted octanol–water partition coefficient (Wildman–Crippen LogP) is 6.06. The third kappa shape index (κ3) is 7.76. The van der Waals surface area contributed by atoms with Gasteiger partial charge in [-0.3, -0.25) is 13.9 Å². The minimum atomic E-state index is -4.20. The van der Waals surface area contributed by atoms with Crippen molar-refractivity contribution in [2.45, 2.75) is 62.6 Å². The molecule has 1 fully saturated rings. The van der Waals surface area contributed by atoms with Gasteiger partial charge in [0.1, 0.15) is 18.3 Å². The SMILES string of the molecule is COc1ccc(N(CC(=O)N(Cc2cccc(Cl)c2)[C@@H](C)C(=O)NC2CCCCC2)S(=O)(=O)c2ccccc2)cc1Cl. The van der Waals surface area contributed by atoms with Crippen LogP contribution in [0, 0.1) is 0 Å². The molecule has 3 aromatic carbocycles. The van der Waals surface area contributed by atoms with Crippen molar-refractivity contribution in [1.29, 1.82) is 0 Å². The summed E-state index contributed by atoms with van der Waals surface area (Å²) in [5.74, 6) is -0.491. The first-order valence-electron chi connectivity index (χ1n) is 13.9. The van der Waals surface area contributed by atoms with E-state index >= 15 is 0 Å². The number of amides is 2. The molecule has 3 aromatic rings. The smallest absolute Gasteiger partial charge is 0.264 e. The Hall–Kier alpha value is -3.27. The highest BCUT2D eigenvalue weighted by Gasteiger charge is 2.33. The Morgan fingerprint density at radius 1 is 0.976 bits per heavy atom. The first-order valence-corrected chi connectivity index (χ1v) is 16.1. The molecule has 0 bridgehead atoms. The topological polar surface area (TPSA) is 96.0 Å². The zero-order valence-electron chi connectivity index (χ0n) is 23.6. The monoisotopic (exact) mass is 631 g/mol. The van der Waals surface area contributed by atoms with Crippen molar-refractivity contribution in [2.75, 3.05) is 18.0 Å². The maximum atomic E-state index is 14.1. The summed E-state index contributed by atoms with van der Waals surface area (Å²) in [6.45, 7) is 1.14. The first kappa shape index (κ1) is 31.7. The molecule has 0 saturated heterocycles. The molecular weight excluding hydrogens is 597 g/mol. The van der Waals surface area contributed by atoms with E-state index < -0.39 is 28.5 Å². The van der Waals surface area contributed by atoms with E-state index in [1.807, 2.05) is 0 Å². The predicted molar refractivity (Wildman–Crippen MR) is 165 cm³/mol. The average Bonchev–Trinajstić information content (AvgIpc) is 2.99. The third-order valence-corrected chi connectivity index (χ3v) is 9.71. The van der Waals surface area contributed by atoms with Crippen LogP contribution in [-0.4, -0.2) is 50.9 Å². The fourth-order valence-corrected chi connectivity index (χ4v) is 6.93. The van der Waals surface area contributed by atoms with Gasteiger partial charge in [-0.05, 0) is 67.8 Å². The fraction of sp³-hybridized carbons (Fsp3) is 0.355. The van der Waals surface area contributed by atoms with Crippen LogP contribution >= 0.6 is 23.2 Å². The summed E-state index contributed by atoms with van der Waals surface area (Å²) >= 11 is 12.6. The minimum Gasteiger partial charge on any atom is -0.495 e. The van der Waals surface area contributed by atoms with Gasteiger partial charge >= 0.3 is 0 Å². The van der Waals surface area contributed by atoms with Gasteiger partial charge < -0.3 is 15.0 Å². The Kier molecular flexibility index (Phi) is 10.8. The molecule has 0 heterocycles. The number of rotatable bonds is 11. The summed E-state index contributed by atoms with van der Waals surface area (Å²) in [6, 6.07) is 18.5. The summed E-state index contributed by atoms with van der Waals surface area (Å²) in [5.41, 5.74) is 0.887. The molecular formula is C31H35Cl2N3O5S. The number of hydrogen-bond acceptors (Lipinski definition) is 5. The van der Waals surface area contributed by atoms with E-state index in [2.05, 4.69) is 5.32 Å². The van der Waals surface area contributed by atoms with Crippen molar-refractivity contribution >= 4 is 50.7 Å². The molecule has 11 heteroatoms. The normalized spacial score (nSPS) is 14.6. The number of carbonyl (C=O) groups is 2. The number of nitrogens with zero attached hydrogens (tertiary/aromatic N) is 2. The maximum Gasteiger partial charge on any atom is 0.264 e. The number of sulfonamides is 1.